The van der Waals surface area contributed by atoms with Gasteiger partial charge in [0.2, 0.25) is 5.92 Å². The van der Waals surface area contributed by atoms with Crippen LogP contribution in [0, 0.1) is 5.92 Å². The van der Waals surface area contributed by atoms with Crippen molar-refractivity contribution in [2.24, 2.45) is 11.7 Å². The first-order valence-electron chi connectivity index (χ1n) is 2.65. The molecule has 0 unspecified atom stereocenters. The minimum atomic E-state index is -2.54. The smallest absolute Gasteiger partial charge is 0.249 e. The van der Waals surface area contributed by atoms with Crippen molar-refractivity contribution in [3.63, 3.8) is 0 Å². The molecular weight excluding hydrogens is 148 g/mol. The first-order valence-corrected chi connectivity index (χ1v) is 2.65. The molecule has 0 aromatic heterocycles. The summed E-state index contributed by atoms with van der Waals surface area (Å²) in [6.45, 7) is 0.921. The SMILES string of the molecule is CC(F)(F)[C@@H]1C[C@H]1N.Cl. The molecule has 0 aliphatic heterocycles. The fraction of sp³-hybridized carbons (Fsp3) is 1.00. The van der Waals surface area contributed by atoms with Crippen molar-refractivity contribution < 1.29 is 8.78 Å². The summed E-state index contributed by atoms with van der Waals surface area (Å²) in [7, 11) is 0. The molecule has 1 aliphatic rings. The minimum Gasteiger partial charge on any atom is -0.327 e. The Labute approximate surface area is 59.0 Å². The molecule has 1 nitrogen and oxygen atoms in total. The Morgan fingerprint density at radius 2 is 1.89 bits per heavy atom. The summed E-state index contributed by atoms with van der Waals surface area (Å²) in [6.07, 6.45) is 0.490. The highest BCUT2D eigenvalue weighted by atomic mass is 35.5. The van der Waals surface area contributed by atoms with Crippen molar-refractivity contribution in [1.29, 1.82) is 0 Å². The lowest BCUT2D eigenvalue weighted by atomic mass is 10.2. The Kier molecular flexibility index (Phi) is 2.41. The third-order valence-electron chi connectivity index (χ3n) is 1.49. The molecule has 0 saturated heterocycles. The largest absolute Gasteiger partial charge is 0.327 e. The molecular formula is C5H10ClF2N. The average Bonchev–Trinajstić information content (AvgIpc) is 2.13. The zero-order valence-corrected chi connectivity index (χ0v) is 5.92. The second kappa shape index (κ2) is 2.39. The molecule has 2 N–H and O–H groups in total. The van der Waals surface area contributed by atoms with Gasteiger partial charge in [-0.2, -0.15) is 0 Å². The molecule has 0 heterocycles. The monoisotopic (exact) mass is 157 g/mol. The third-order valence-corrected chi connectivity index (χ3v) is 1.49. The highest BCUT2D eigenvalue weighted by molar-refractivity contribution is 5.85. The number of hydrogen-bond donors (Lipinski definition) is 1. The van der Waals surface area contributed by atoms with E-state index >= 15 is 0 Å². The Balaban J connectivity index is 0.000000640. The first kappa shape index (κ1) is 9.11. The van der Waals surface area contributed by atoms with Crippen LogP contribution in [0.2, 0.25) is 0 Å². The van der Waals surface area contributed by atoms with E-state index < -0.39 is 11.8 Å². The van der Waals surface area contributed by atoms with Crippen LogP contribution in [0.25, 0.3) is 0 Å². The second-order valence-corrected chi connectivity index (χ2v) is 2.46. The molecule has 0 spiro atoms. The molecule has 0 aromatic rings. The van der Waals surface area contributed by atoms with Crippen LogP contribution in [-0.2, 0) is 0 Å². The van der Waals surface area contributed by atoms with Crippen LogP contribution < -0.4 is 5.73 Å². The second-order valence-electron chi connectivity index (χ2n) is 2.46. The molecule has 1 aliphatic carbocycles. The van der Waals surface area contributed by atoms with Gasteiger partial charge in [-0.15, -0.1) is 12.4 Å². The van der Waals surface area contributed by atoms with Crippen molar-refractivity contribution in [3.05, 3.63) is 0 Å². The van der Waals surface area contributed by atoms with Gasteiger partial charge in [-0.1, -0.05) is 0 Å². The van der Waals surface area contributed by atoms with Crippen LogP contribution in [0.1, 0.15) is 13.3 Å². The summed E-state index contributed by atoms with van der Waals surface area (Å²) in [5, 5.41) is 0. The van der Waals surface area contributed by atoms with E-state index in [0.717, 1.165) is 6.92 Å². The van der Waals surface area contributed by atoms with Gasteiger partial charge in [-0.25, -0.2) is 8.78 Å². The van der Waals surface area contributed by atoms with Crippen LogP contribution in [0.5, 0.6) is 0 Å². The molecule has 9 heavy (non-hydrogen) atoms. The van der Waals surface area contributed by atoms with Gasteiger partial charge in [0.15, 0.2) is 0 Å². The fourth-order valence-electron chi connectivity index (χ4n) is 0.797. The molecule has 0 amide bonds. The van der Waals surface area contributed by atoms with Crippen molar-refractivity contribution in [2.75, 3.05) is 0 Å². The van der Waals surface area contributed by atoms with Gasteiger partial charge in [0.25, 0.3) is 0 Å². The van der Waals surface area contributed by atoms with Crippen molar-refractivity contribution in [1.82, 2.24) is 0 Å². The van der Waals surface area contributed by atoms with E-state index in [0.29, 0.717) is 6.42 Å². The van der Waals surface area contributed by atoms with E-state index in [4.69, 9.17) is 5.73 Å². The highest BCUT2D eigenvalue weighted by Gasteiger charge is 2.49. The van der Waals surface area contributed by atoms with E-state index in [-0.39, 0.29) is 18.4 Å². The molecule has 1 fully saturated rings. The van der Waals surface area contributed by atoms with Crippen molar-refractivity contribution in [3.8, 4) is 0 Å². The summed E-state index contributed by atoms with van der Waals surface area (Å²) in [6, 6.07) is -0.241. The van der Waals surface area contributed by atoms with Crippen molar-refractivity contribution in [2.45, 2.75) is 25.3 Å². The van der Waals surface area contributed by atoms with Gasteiger partial charge in [0, 0.05) is 12.0 Å². The number of hydrogen-bond acceptors (Lipinski definition) is 1. The van der Waals surface area contributed by atoms with E-state index in [2.05, 4.69) is 0 Å². The molecule has 4 heteroatoms. The molecule has 0 bridgehead atoms. The molecule has 0 aromatic carbocycles. The molecule has 2 atom stereocenters. The topological polar surface area (TPSA) is 26.0 Å². The van der Waals surface area contributed by atoms with Crippen LogP contribution in [0.3, 0.4) is 0 Å². The van der Waals surface area contributed by atoms with Crippen LogP contribution in [-0.4, -0.2) is 12.0 Å². The van der Waals surface area contributed by atoms with E-state index in [1.54, 1.807) is 0 Å². The zero-order valence-electron chi connectivity index (χ0n) is 5.10. The quantitative estimate of drug-likeness (QED) is 0.612. The minimum absolute atomic E-state index is 0. The lowest BCUT2D eigenvalue weighted by Crippen LogP contribution is -2.18. The number of halogens is 3. The summed E-state index contributed by atoms with van der Waals surface area (Å²) < 4.78 is 24.2. The predicted octanol–water partition coefficient (Wildman–Crippen LogP) is 1.41. The van der Waals surface area contributed by atoms with Crippen LogP contribution >= 0.6 is 12.4 Å². The molecule has 0 radical (unpaired) electrons. The molecule has 1 rings (SSSR count). The maximum Gasteiger partial charge on any atom is 0.249 e. The molecule has 1 saturated carbocycles. The third kappa shape index (κ3) is 2.06. The van der Waals surface area contributed by atoms with Gasteiger partial charge < -0.3 is 5.73 Å². The summed E-state index contributed by atoms with van der Waals surface area (Å²) >= 11 is 0. The Morgan fingerprint density at radius 1 is 1.56 bits per heavy atom. The predicted molar refractivity (Wildman–Crippen MR) is 34.0 cm³/mol. The normalized spacial score (nSPS) is 33.3. The van der Waals surface area contributed by atoms with Crippen molar-refractivity contribution >= 4 is 12.4 Å². The Morgan fingerprint density at radius 3 is 1.89 bits per heavy atom. The van der Waals surface area contributed by atoms with Crippen LogP contribution in [0.15, 0.2) is 0 Å². The lowest BCUT2D eigenvalue weighted by molar-refractivity contribution is -0.00363. The number of nitrogens with two attached hydrogens (primary N) is 1. The molecule has 56 valence electrons. The first-order chi connectivity index (χ1) is 3.52. The summed E-state index contributed by atoms with van der Waals surface area (Å²) in [4.78, 5) is 0. The van der Waals surface area contributed by atoms with Crippen LogP contribution in [0.4, 0.5) is 8.78 Å². The fourth-order valence-corrected chi connectivity index (χ4v) is 0.797. The van der Waals surface area contributed by atoms with E-state index in [1.807, 2.05) is 0 Å². The highest BCUT2D eigenvalue weighted by Crippen LogP contribution is 2.41. The van der Waals surface area contributed by atoms with Gasteiger partial charge >= 0.3 is 0 Å². The van der Waals surface area contributed by atoms with Gasteiger partial charge in [0.1, 0.15) is 0 Å². The average molecular weight is 158 g/mol. The van der Waals surface area contributed by atoms with Gasteiger partial charge in [0.05, 0.1) is 0 Å². The zero-order chi connectivity index (χ0) is 6.36. The summed E-state index contributed by atoms with van der Waals surface area (Å²) in [5.74, 6) is -3.08. The summed E-state index contributed by atoms with van der Waals surface area (Å²) in [5.41, 5.74) is 5.17. The Bertz CT molecular complexity index is 102. The van der Waals surface area contributed by atoms with E-state index in [1.165, 1.54) is 0 Å². The maximum absolute atomic E-state index is 12.1. The number of alkyl halides is 2. The lowest BCUT2D eigenvalue weighted by Gasteiger charge is -2.06. The standard InChI is InChI=1S/C5H9F2N.ClH/c1-5(6,7)3-2-4(3)8;/h3-4H,2,8H2,1H3;1H/t3-,4-;/m1./s1. The van der Waals surface area contributed by atoms with Gasteiger partial charge in [-0.3, -0.25) is 0 Å². The van der Waals surface area contributed by atoms with Gasteiger partial charge in [-0.05, 0) is 13.3 Å². The number of rotatable bonds is 1. The maximum atomic E-state index is 12.1. The Hall–Kier alpha value is 0.110. The van der Waals surface area contributed by atoms with E-state index in [9.17, 15) is 8.78 Å².